The van der Waals surface area contributed by atoms with E-state index in [2.05, 4.69) is 10.4 Å². The van der Waals surface area contributed by atoms with E-state index in [0.717, 1.165) is 16.9 Å². The zero-order valence-electron chi connectivity index (χ0n) is 12.9. The van der Waals surface area contributed by atoms with Gasteiger partial charge < -0.3 is 5.32 Å². The second kappa shape index (κ2) is 6.26. The van der Waals surface area contributed by atoms with Gasteiger partial charge in [-0.1, -0.05) is 35.9 Å². The van der Waals surface area contributed by atoms with Crippen LogP contribution in [0.3, 0.4) is 0 Å². The molecule has 0 radical (unpaired) electrons. The predicted octanol–water partition coefficient (Wildman–Crippen LogP) is 4.39. The van der Waals surface area contributed by atoms with Gasteiger partial charge in [0.15, 0.2) is 5.82 Å². The molecule has 1 amide bonds. The summed E-state index contributed by atoms with van der Waals surface area (Å²) in [5, 5.41) is 7.92. The highest BCUT2D eigenvalue weighted by Gasteiger charge is 2.12. The fourth-order valence-corrected chi connectivity index (χ4v) is 2.60. The van der Waals surface area contributed by atoms with E-state index in [-0.39, 0.29) is 5.91 Å². The third kappa shape index (κ3) is 3.27. The van der Waals surface area contributed by atoms with Crippen LogP contribution in [-0.2, 0) is 0 Å². The molecule has 0 aliphatic rings. The Morgan fingerprint density at radius 1 is 1.09 bits per heavy atom. The number of anilines is 1. The summed E-state index contributed by atoms with van der Waals surface area (Å²) >= 11 is 6.02. The quantitative estimate of drug-likeness (QED) is 0.776. The molecule has 0 bridgehead atoms. The second-order valence-corrected chi connectivity index (χ2v) is 5.77. The van der Waals surface area contributed by atoms with Crippen molar-refractivity contribution in [3.63, 3.8) is 0 Å². The molecule has 3 rings (SSSR count). The van der Waals surface area contributed by atoms with Crippen LogP contribution in [-0.4, -0.2) is 15.7 Å². The third-order valence-electron chi connectivity index (χ3n) is 3.57. The van der Waals surface area contributed by atoms with Gasteiger partial charge in [-0.05, 0) is 43.7 Å². The molecule has 3 aromatic rings. The maximum atomic E-state index is 12.4. The maximum Gasteiger partial charge on any atom is 0.257 e. The van der Waals surface area contributed by atoms with Gasteiger partial charge in [-0.15, -0.1) is 5.10 Å². The van der Waals surface area contributed by atoms with Crippen molar-refractivity contribution in [2.24, 2.45) is 0 Å². The number of hydrogen-bond donors (Lipinski definition) is 1. The normalized spacial score (nSPS) is 10.6. The molecule has 23 heavy (non-hydrogen) atoms. The Bertz CT molecular complexity index is 870. The first-order valence-corrected chi connectivity index (χ1v) is 7.62. The lowest BCUT2D eigenvalue weighted by molar-refractivity contribution is 0.102. The average molecular weight is 326 g/mol. The van der Waals surface area contributed by atoms with E-state index in [1.54, 1.807) is 10.7 Å². The van der Waals surface area contributed by atoms with E-state index in [4.69, 9.17) is 11.6 Å². The Hall–Kier alpha value is -2.59. The minimum Gasteiger partial charge on any atom is -0.305 e. The van der Waals surface area contributed by atoms with Gasteiger partial charge in [0.2, 0.25) is 0 Å². The van der Waals surface area contributed by atoms with Crippen molar-refractivity contribution in [1.82, 2.24) is 9.78 Å². The van der Waals surface area contributed by atoms with Crippen LogP contribution in [0.1, 0.15) is 21.6 Å². The van der Waals surface area contributed by atoms with Crippen LogP contribution in [0, 0.1) is 13.8 Å². The van der Waals surface area contributed by atoms with Crippen molar-refractivity contribution in [3.8, 4) is 5.69 Å². The number of nitrogens with zero attached hydrogens (tertiary/aromatic N) is 2. The molecule has 0 saturated carbocycles. The Kier molecular flexibility index (Phi) is 4.17. The number of hydrogen-bond acceptors (Lipinski definition) is 2. The van der Waals surface area contributed by atoms with Gasteiger partial charge in [-0.3, -0.25) is 4.79 Å². The number of nitrogens with one attached hydrogen (secondary N) is 1. The molecule has 0 aliphatic carbocycles. The van der Waals surface area contributed by atoms with Crippen molar-refractivity contribution < 1.29 is 4.79 Å². The Balaban J connectivity index is 1.87. The first kappa shape index (κ1) is 15.3. The molecule has 1 aromatic heterocycles. The fraction of sp³-hybridized carbons (Fsp3) is 0.111. The van der Waals surface area contributed by atoms with E-state index in [1.807, 2.05) is 62.4 Å². The Morgan fingerprint density at radius 2 is 1.87 bits per heavy atom. The molecule has 0 unspecified atom stereocenters. The van der Waals surface area contributed by atoms with Crippen molar-refractivity contribution >= 4 is 23.3 Å². The molecule has 0 fully saturated rings. The largest absolute Gasteiger partial charge is 0.305 e. The number of carbonyl (C=O) groups is 1. The highest BCUT2D eigenvalue weighted by atomic mass is 35.5. The van der Waals surface area contributed by atoms with E-state index in [9.17, 15) is 4.79 Å². The van der Waals surface area contributed by atoms with Crippen LogP contribution in [0.5, 0.6) is 0 Å². The number of amides is 1. The molecule has 0 atom stereocenters. The van der Waals surface area contributed by atoms with Crippen molar-refractivity contribution in [3.05, 3.63) is 76.4 Å². The number of benzene rings is 2. The molecule has 0 spiro atoms. The summed E-state index contributed by atoms with van der Waals surface area (Å²) in [6.45, 7) is 3.84. The first-order valence-electron chi connectivity index (χ1n) is 7.24. The Labute approximate surface area is 139 Å². The summed E-state index contributed by atoms with van der Waals surface area (Å²) in [5.74, 6) is 0.342. The topological polar surface area (TPSA) is 46.9 Å². The lowest BCUT2D eigenvalue weighted by atomic mass is 10.1. The van der Waals surface area contributed by atoms with E-state index >= 15 is 0 Å². The lowest BCUT2D eigenvalue weighted by Crippen LogP contribution is -2.13. The molecule has 116 valence electrons. The van der Waals surface area contributed by atoms with Gasteiger partial charge in [0.1, 0.15) is 0 Å². The zero-order valence-corrected chi connectivity index (χ0v) is 13.6. The van der Waals surface area contributed by atoms with Crippen LogP contribution >= 0.6 is 11.6 Å². The molecule has 0 saturated heterocycles. The smallest absolute Gasteiger partial charge is 0.257 e. The maximum absolute atomic E-state index is 12.4. The van der Waals surface area contributed by atoms with Gasteiger partial charge >= 0.3 is 0 Å². The third-order valence-corrected chi connectivity index (χ3v) is 3.81. The summed E-state index contributed by atoms with van der Waals surface area (Å²) in [6, 6.07) is 16.7. The number of rotatable bonds is 3. The van der Waals surface area contributed by atoms with Gasteiger partial charge in [0.05, 0.1) is 5.69 Å². The summed E-state index contributed by atoms with van der Waals surface area (Å²) in [6.07, 6.45) is 0. The number of aromatic nitrogens is 2. The molecular weight excluding hydrogens is 310 g/mol. The van der Waals surface area contributed by atoms with Crippen LogP contribution in [0.15, 0.2) is 54.6 Å². The standard InChI is InChI=1S/C18H16ClN3O/c1-12-6-3-4-9-16(12)18(23)20-17-10-13(2)22(21-17)15-8-5-7-14(19)11-15/h3-11H,1-2H3,(H,20,21,23). The zero-order chi connectivity index (χ0) is 16.4. The number of halogens is 1. The van der Waals surface area contributed by atoms with E-state index in [0.29, 0.717) is 16.4 Å². The molecule has 4 nitrogen and oxygen atoms in total. The summed E-state index contributed by atoms with van der Waals surface area (Å²) in [4.78, 5) is 12.4. The molecule has 5 heteroatoms. The van der Waals surface area contributed by atoms with Crippen molar-refractivity contribution in [2.45, 2.75) is 13.8 Å². The summed E-state index contributed by atoms with van der Waals surface area (Å²) < 4.78 is 1.75. The number of aryl methyl sites for hydroxylation is 2. The van der Waals surface area contributed by atoms with Gasteiger partial charge in [0, 0.05) is 22.3 Å². The van der Waals surface area contributed by atoms with Gasteiger partial charge in [-0.25, -0.2) is 4.68 Å². The van der Waals surface area contributed by atoms with Crippen molar-refractivity contribution in [1.29, 1.82) is 0 Å². The van der Waals surface area contributed by atoms with Gasteiger partial charge in [0.25, 0.3) is 5.91 Å². The molecule has 1 N–H and O–H groups in total. The minimum absolute atomic E-state index is 0.168. The highest BCUT2D eigenvalue weighted by Crippen LogP contribution is 2.19. The summed E-state index contributed by atoms with van der Waals surface area (Å²) in [5.41, 5.74) is 3.33. The predicted molar refractivity (Wildman–Crippen MR) is 92.4 cm³/mol. The number of carbonyl (C=O) groups excluding carboxylic acids is 1. The van der Waals surface area contributed by atoms with Crippen molar-refractivity contribution in [2.75, 3.05) is 5.32 Å². The lowest BCUT2D eigenvalue weighted by Gasteiger charge is -2.05. The molecular formula is C18H16ClN3O. The van der Waals surface area contributed by atoms with E-state index in [1.165, 1.54) is 0 Å². The van der Waals surface area contributed by atoms with Gasteiger partial charge in [-0.2, -0.15) is 0 Å². The average Bonchev–Trinajstić information content (AvgIpc) is 2.88. The van der Waals surface area contributed by atoms with Crippen LogP contribution in [0.25, 0.3) is 5.69 Å². The minimum atomic E-state index is -0.168. The molecule has 1 heterocycles. The molecule has 2 aromatic carbocycles. The summed E-state index contributed by atoms with van der Waals surface area (Å²) in [7, 11) is 0. The van der Waals surface area contributed by atoms with Crippen LogP contribution < -0.4 is 5.32 Å². The van der Waals surface area contributed by atoms with E-state index < -0.39 is 0 Å². The molecule has 0 aliphatic heterocycles. The van der Waals surface area contributed by atoms with Crippen LogP contribution in [0.4, 0.5) is 5.82 Å². The second-order valence-electron chi connectivity index (χ2n) is 5.33. The fourth-order valence-electron chi connectivity index (χ4n) is 2.42. The van der Waals surface area contributed by atoms with Crippen LogP contribution in [0.2, 0.25) is 5.02 Å². The Morgan fingerprint density at radius 3 is 2.61 bits per heavy atom. The first-order chi connectivity index (χ1) is 11.0. The highest BCUT2D eigenvalue weighted by molar-refractivity contribution is 6.30. The SMILES string of the molecule is Cc1ccccc1C(=O)Nc1cc(C)n(-c2cccc(Cl)c2)n1. The monoisotopic (exact) mass is 325 g/mol.